The normalized spacial score (nSPS) is 12.3. The van der Waals surface area contributed by atoms with Crippen LogP contribution in [0.25, 0.3) is 10.8 Å². The van der Waals surface area contributed by atoms with Crippen LogP contribution < -0.4 is 15.8 Å². The number of nitrogens with two attached hydrogens (primary N) is 1. The molecule has 0 heterocycles. The van der Waals surface area contributed by atoms with Crippen molar-refractivity contribution in [1.82, 2.24) is 5.32 Å². The first-order chi connectivity index (χ1) is 10.1. The number of aliphatic hydroxyl groups is 1. The van der Waals surface area contributed by atoms with Crippen LogP contribution in [0.2, 0.25) is 0 Å². The van der Waals surface area contributed by atoms with Crippen LogP contribution in [0.4, 0.5) is 0 Å². The van der Waals surface area contributed by atoms with E-state index >= 15 is 0 Å². The highest BCUT2D eigenvalue weighted by Gasteiger charge is 2.10. The highest BCUT2D eigenvalue weighted by molar-refractivity contribution is 5.88. The molecule has 2 rings (SSSR count). The summed E-state index contributed by atoms with van der Waals surface area (Å²) in [7, 11) is 0. The third-order valence-corrected chi connectivity index (χ3v) is 3.11. The van der Waals surface area contributed by atoms with Gasteiger partial charge < -0.3 is 20.9 Å². The number of carbonyl (C=O) groups is 1. The van der Waals surface area contributed by atoms with Crippen LogP contribution >= 0.6 is 0 Å². The van der Waals surface area contributed by atoms with E-state index in [9.17, 15) is 9.90 Å². The lowest BCUT2D eigenvalue weighted by Gasteiger charge is -2.15. The minimum Gasteiger partial charge on any atom is -0.483 e. The highest BCUT2D eigenvalue weighted by atomic mass is 16.5. The summed E-state index contributed by atoms with van der Waals surface area (Å²) >= 11 is 0. The molecule has 0 radical (unpaired) electrons. The fourth-order valence-electron chi connectivity index (χ4n) is 2.19. The van der Waals surface area contributed by atoms with Crippen LogP contribution in [0.3, 0.4) is 0 Å². The van der Waals surface area contributed by atoms with Gasteiger partial charge in [0.05, 0.1) is 6.10 Å². The van der Waals surface area contributed by atoms with Gasteiger partial charge in [-0.2, -0.15) is 0 Å². The summed E-state index contributed by atoms with van der Waals surface area (Å²) in [4.78, 5) is 10.9. The topological polar surface area (TPSA) is 84.6 Å². The van der Waals surface area contributed by atoms with Gasteiger partial charge >= 0.3 is 0 Å². The maximum absolute atomic E-state index is 10.9. The van der Waals surface area contributed by atoms with E-state index in [4.69, 9.17) is 10.5 Å². The van der Waals surface area contributed by atoms with E-state index in [1.807, 2.05) is 36.4 Å². The van der Waals surface area contributed by atoms with Crippen molar-refractivity contribution >= 4 is 16.7 Å². The number of ether oxygens (including phenoxy) is 1. The van der Waals surface area contributed by atoms with Crippen molar-refractivity contribution in [2.24, 2.45) is 5.73 Å². The molecule has 0 aliphatic carbocycles. The molecule has 1 amide bonds. The number of benzene rings is 2. The Bertz CT molecular complexity index is 626. The first kappa shape index (κ1) is 15.3. The molecule has 5 heteroatoms. The third kappa shape index (κ3) is 4.18. The second-order valence-electron chi connectivity index (χ2n) is 5.00. The molecular weight excluding hydrogens is 268 g/mol. The molecule has 112 valence electrons. The molecule has 21 heavy (non-hydrogen) atoms. The van der Waals surface area contributed by atoms with Gasteiger partial charge in [-0.25, -0.2) is 0 Å². The molecule has 1 unspecified atom stereocenters. The summed E-state index contributed by atoms with van der Waals surface area (Å²) < 4.78 is 5.49. The van der Waals surface area contributed by atoms with Crippen LogP contribution in [0.1, 0.15) is 12.5 Å². The van der Waals surface area contributed by atoms with Crippen LogP contribution in [-0.4, -0.2) is 30.3 Å². The van der Waals surface area contributed by atoms with Crippen molar-refractivity contribution in [3.63, 3.8) is 0 Å². The fraction of sp³-hybridized carbons (Fsp3) is 0.312. The Morgan fingerprint density at radius 2 is 2.10 bits per heavy atom. The van der Waals surface area contributed by atoms with Crippen molar-refractivity contribution in [1.29, 1.82) is 0 Å². The fourth-order valence-corrected chi connectivity index (χ4v) is 2.19. The molecule has 0 bridgehead atoms. The van der Waals surface area contributed by atoms with E-state index in [1.54, 1.807) is 6.92 Å². The summed E-state index contributed by atoms with van der Waals surface area (Å²) in [6, 6.07) is 11.7. The van der Waals surface area contributed by atoms with Crippen molar-refractivity contribution in [3.8, 4) is 5.75 Å². The Labute approximate surface area is 123 Å². The molecule has 0 saturated carbocycles. The molecule has 2 aromatic carbocycles. The molecule has 0 fully saturated rings. The van der Waals surface area contributed by atoms with E-state index < -0.39 is 12.0 Å². The lowest BCUT2D eigenvalue weighted by atomic mass is 10.0. The number of nitrogens with one attached hydrogen (secondary N) is 1. The molecule has 4 N–H and O–H groups in total. The predicted octanol–water partition coefficient (Wildman–Crippen LogP) is 1.17. The van der Waals surface area contributed by atoms with Gasteiger partial charge in [0.1, 0.15) is 5.75 Å². The average Bonchev–Trinajstić information content (AvgIpc) is 2.45. The SMILES string of the molecule is CC(O)CNCc1c(OCC(N)=O)ccc2ccccc12. The van der Waals surface area contributed by atoms with Gasteiger partial charge in [-0.15, -0.1) is 0 Å². The molecule has 0 spiro atoms. The Hall–Kier alpha value is -2.11. The molecule has 0 aromatic heterocycles. The summed E-state index contributed by atoms with van der Waals surface area (Å²) in [6.07, 6.45) is -0.421. The zero-order valence-corrected chi connectivity index (χ0v) is 12.0. The molecule has 0 saturated heterocycles. The lowest BCUT2D eigenvalue weighted by molar-refractivity contribution is -0.119. The molecular formula is C16H20N2O3. The van der Waals surface area contributed by atoms with Gasteiger partial charge in [-0.3, -0.25) is 4.79 Å². The second-order valence-corrected chi connectivity index (χ2v) is 5.00. The van der Waals surface area contributed by atoms with E-state index in [0.717, 1.165) is 16.3 Å². The quantitative estimate of drug-likeness (QED) is 0.714. The number of rotatable bonds is 7. The standard InChI is InChI=1S/C16H20N2O3/c1-11(19)8-18-9-14-13-5-3-2-4-12(13)6-7-15(14)21-10-16(17)20/h2-7,11,18-19H,8-10H2,1H3,(H2,17,20). The van der Waals surface area contributed by atoms with E-state index in [1.165, 1.54) is 0 Å². The van der Waals surface area contributed by atoms with Crippen molar-refractivity contribution in [3.05, 3.63) is 42.0 Å². The number of amides is 1. The third-order valence-electron chi connectivity index (χ3n) is 3.11. The van der Waals surface area contributed by atoms with Crippen molar-refractivity contribution in [2.45, 2.75) is 19.6 Å². The Morgan fingerprint density at radius 1 is 1.33 bits per heavy atom. The molecule has 1 atom stereocenters. The van der Waals surface area contributed by atoms with Gasteiger partial charge in [0.2, 0.25) is 0 Å². The van der Waals surface area contributed by atoms with Crippen molar-refractivity contribution in [2.75, 3.05) is 13.2 Å². The summed E-state index contributed by atoms with van der Waals surface area (Å²) in [5.41, 5.74) is 6.08. The number of aliphatic hydroxyl groups excluding tert-OH is 1. The predicted molar refractivity (Wildman–Crippen MR) is 82.0 cm³/mol. The monoisotopic (exact) mass is 288 g/mol. The molecule has 0 aliphatic rings. The maximum Gasteiger partial charge on any atom is 0.255 e. The number of primary amides is 1. The number of fused-ring (bicyclic) bond motifs is 1. The van der Waals surface area contributed by atoms with E-state index in [-0.39, 0.29) is 6.61 Å². The van der Waals surface area contributed by atoms with Crippen molar-refractivity contribution < 1.29 is 14.6 Å². The maximum atomic E-state index is 10.9. The van der Waals surface area contributed by atoms with Gasteiger partial charge in [-0.1, -0.05) is 30.3 Å². The van der Waals surface area contributed by atoms with Crippen LogP contribution in [-0.2, 0) is 11.3 Å². The van der Waals surface area contributed by atoms with Gasteiger partial charge in [0, 0.05) is 18.7 Å². The van der Waals surface area contributed by atoms with Crippen LogP contribution in [0.15, 0.2) is 36.4 Å². The van der Waals surface area contributed by atoms with E-state index in [2.05, 4.69) is 5.32 Å². The van der Waals surface area contributed by atoms with Crippen LogP contribution in [0, 0.1) is 0 Å². The first-order valence-corrected chi connectivity index (χ1v) is 6.88. The number of carbonyl (C=O) groups excluding carboxylic acids is 1. The smallest absolute Gasteiger partial charge is 0.255 e. The number of hydrogen-bond acceptors (Lipinski definition) is 4. The molecule has 5 nitrogen and oxygen atoms in total. The Morgan fingerprint density at radius 3 is 2.81 bits per heavy atom. The second kappa shape index (κ2) is 7.06. The van der Waals surface area contributed by atoms with Gasteiger partial charge in [0.25, 0.3) is 5.91 Å². The summed E-state index contributed by atoms with van der Waals surface area (Å²) in [5, 5.41) is 14.7. The van der Waals surface area contributed by atoms with Gasteiger partial charge in [-0.05, 0) is 23.8 Å². The summed E-state index contributed by atoms with van der Waals surface area (Å²) in [6.45, 7) is 2.60. The average molecular weight is 288 g/mol. The summed E-state index contributed by atoms with van der Waals surface area (Å²) in [5.74, 6) is 0.122. The van der Waals surface area contributed by atoms with Gasteiger partial charge in [0.15, 0.2) is 6.61 Å². The lowest BCUT2D eigenvalue weighted by Crippen LogP contribution is -2.25. The first-order valence-electron chi connectivity index (χ1n) is 6.88. The largest absolute Gasteiger partial charge is 0.483 e. The minimum atomic E-state index is -0.508. The zero-order chi connectivity index (χ0) is 15.2. The highest BCUT2D eigenvalue weighted by Crippen LogP contribution is 2.28. The number of hydrogen-bond donors (Lipinski definition) is 3. The Balaban J connectivity index is 2.30. The molecule has 0 aliphatic heterocycles. The zero-order valence-electron chi connectivity index (χ0n) is 12.0. The van der Waals surface area contributed by atoms with E-state index in [0.29, 0.717) is 18.8 Å². The Kier molecular flexibility index (Phi) is 5.14. The molecule has 2 aromatic rings. The van der Waals surface area contributed by atoms with Crippen LogP contribution in [0.5, 0.6) is 5.75 Å². The minimum absolute atomic E-state index is 0.151.